The summed E-state index contributed by atoms with van der Waals surface area (Å²) in [6, 6.07) is 0. The Hall–Kier alpha value is -2.51. The molecule has 2 N–H and O–H groups in total. The second-order valence-corrected chi connectivity index (χ2v) is 6.18. The van der Waals surface area contributed by atoms with Crippen molar-refractivity contribution in [2.75, 3.05) is 0 Å². The first-order valence-corrected chi connectivity index (χ1v) is 7.82. The van der Waals surface area contributed by atoms with E-state index in [0.29, 0.717) is 3.57 Å². The fourth-order valence-electron chi connectivity index (χ4n) is 1.82. The van der Waals surface area contributed by atoms with Crippen LogP contribution in [0.15, 0.2) is 18.6 Å². The Morgan fingerprint density at radius 1 is 1.42 bits per heavy atom. The molecular formula is C12H14IN7O4. The van der Waals surface area contributed by atoms with Gasteiger partial charge in [0.15, 0.2) is 5.69 Å². The number of aryl methyl sites for hydroxylation is 1. The van der Waals surface area contributed by atoms with Crippen molar-refractivity contribution >= 4 is 40.1 Å². The number of rotatable bonds is 5. The molecule has 128 valence electrons. The molecule has 1 atom stereocenters. The maximum Gasteiger partial charge on any atom is 0.306 e. The van der Waals surface area contributed by atoms with Gasteiger partial charge >= 0.3 is 5.69 Å². The van der Waals surface area contributed by atoms with Crippen molar-refractivity contribution in [3.63, 3.8) is 0 Å². The van der Waals surface area contributed by atoms with Crippen LogP contribution in [0.3, 0.4) is 0 Å². The van der Waals surface area contributed by atoms with E-state index in [2.05, 4.69) is 21.0 Å². The lowest BCUT2D eigenvalue weighted by Crippen LogP contribution is -2.45. The van der Waals surface area contributed by atoms with Gasteiger partial charge in [-0.25, -0.2) is 0 Å². The molecule has 0 aromatic carbocycles. The van der Waals surface area contributed by atoms with E-state index in [1.165, 1.54) is 15.6 Å². The number of hydrogen-bond donors (Lipinski definition) is 2. The first kappa shape index (κ1) is 17.8. The molecular weight excluding hydrogens is 433 g/mol. The van der Waals surface area contributed by atoms with Gasteiger partial charge in [-0.2, -0.15) is 10.2 Å². The molecule has 0 saturated carbocycles. The molecule has 0 fully saturated rings. The van der Waals surface area contributed by atoms with Crippen LogP contribution in [0.1, 0.15) is 17.4 Å². The molecule has 2 heterocycles. The van der Waals surface area contributed by atoms with Crippen molar-refractivity contribution in [2.24, 2.45) is 13.0 Å². The molecule has 0 saturated heterocycles. The number of nitrogens with zero attached hydrogens (tertiary/aromatic N) is 5. The molecule has 2 aromatic rings. The van der Waals surface area contributed by atoms with Crippen LogP contribution in [0.25, 0.3) is 0 Å². The van der Waals surface area contributed by atoms with E-state index in [4.69, 9.17) is 0 Å². The minimum atomic E-state index is -0.567. The Balaban J connectivity index is 1.88. The van der Waals surface area contributed by atoms with Crippen LogP contribution in [-0.4, -0.2) is 36.3 Å². The van der Waals surface area contributed by atoms with Crippen molar-refractivity contribution in [1.82, 2.24) is 30.4 Å². The summed E-state index contributed by atoms with van der Waals surface area (Å²) in [5, 5.41) is 18.4. The summed E-state index contributed by atoms with van der Waals surface area (Å²) < 4.78 is 3.44. The topological polar surface area (TPSA) is 137 Å². The van der Waals surface area contributed by atoms with Crippen LogP contribution in [-0.2, 0) is 18.4 Å². The Bertz CT molecular complexity index is 784. The van der Waals surface area contributed by atoms with E-state index in [1.54, 1.807) is 20.2 Å². The molecule has 2 rings (SSSR count). The fraction of sp³-hybridized carbons (Fsp3) is 0.333. The number of aromatic nitrogens is 4. The number of hydrazine groups is 1. The van der Waals surface area contributed by atoms with Crippen LogP contribution in [0.4, 0.5) is 5.69 Å². The summed E-state index contributed by atoms with van der Waals surface area (Å²) in [6.07, 6.45) is 4.01. The van der Waals surface area contributed by atoms with E-state index in [1.807, 2.05) is 22.6 Å². The van der Waals surface area contributed by atoms with Gasteiger partial charge in [-0.15, -0.1) is 0 Å². The van der Waals surface area contributed by atoms with Crippen molar-refractivity contribution < 1.29 is 14.5 Å². The first-order valence-electron chi connectivity index (χ1n) is 6.74. The Kier molecular flexibility index (Phi) is 5.48. The quantitative estimate of drug-likeness (QED) is 0.383. The third-order valence-corrected chi connectivity index (χ3v) is 3.83. The summed E-state index contributed by atoms with van der Waals surface area (Å²) in [7, 11) is 1.68. The minimum Gasteiger partial charge on any atom is -0.274 e. The SMILES string of the molecule is C[C@@H](Cn1cc([N+](=O)[O-])cn1)C(=O)NNC(=O)c1nn(C)cc1I. The van der Waals surface area contributed by atoms with Crippen molar-refractivity contribution in [3.8, 4) is 0 Å². The minimum absolute atomic E-state index is 0.136. The van der Waals surface area contributed by atoms with Gasteiger partial charge in [-0.1, -0.05) is 6.92 Å². The highest BCUT2D eigenvalue weighted by molar-refractivity contribution is 14.1. The van der Waals surface area contributed by atoms with Gasteiger partial charge in [-0.3, -0.25) is 39.9 Å². The number of carbonyl (C=O) groups is 2. The lowest BCUT2D eigenvalue weighted by molar-refractivity contribution is -0.385. The Labute approximate surface area is 149 Å². The monoisotopic (exact) mass is 447 g/mol. The molecule has 0 radical (unpaired) electrons. The second kappa shape index (κ2) is 7.37. The Morgan fingerprint density at radius 2 is 2.12 bits per heavy atom. The zero-order chi connectivity index (χ0) is 17.9. The van der Waals surface area contributed by atoms with E-state index in [9.17, 15) is 19.7 Å². The maximum atomic E-state index is 12.0. The molecule has 0 aliphatic heterocycles. The third kappa shape index (κ3) is 4.27. The van der Waals surface area contributed by atoms with Crippen molar-refractivity contribution in [3.05, 3.63) is 38.0 Å². The van der Waals surface area contributed by atoms with Gasteiger partial charge in [0.25, 0.3) is 5.91 Å². The maximum absolute atomic E-state index is 12.0. The molecule has 0 aliphatic rings. The summed E-state index contributed by atoms with van der Waals surface area (Å²) in [4.78, 5) is 34.0. The number of carbonyl (C=O) groups excluding carboxylic acids is 2. The molecule has 0 aliphatic carbocycles. The van der Waals surface area contributed by atoms with Crippen molar-refractivity contribution in [1.29, 1.82) is 0 Å². The molecule has 24 heavy (non-hydrogen) atoms. The molecule has 0 bridgehead atoms. The first-order chi connectivity index (χ1) is 11.3. The van der Waals surface area contributed by atoms with Gasteiger partial charge in [-0.05, 0) is 22.6 Å². The lowest BCUT2D eigenvalue weighted by atomic mass is 10.2. The second-order valence-electron chi connectivity index (χ2n) is 5.02. The van der Waals surface area contributed by atoms with Gasteiger partial charge in [0.05, 0.1) is 21.0 Å². The van der Waals surface area contributed by atoms with Crippen LogP contribution in [0, 0.1) is 19.6 Å². The molecule has 2 aromatic heterocycles. The number of amides is 2. The van der Waals surface area contributed by atoms with E-state index in [0.717, 1.165) is 6.20 Å². The smallest absolute Gasteiger partial charge is 0.274 e. The fourth-order valence-corrected chi connectivity index (χ4v) is 2.58. The van der Waals surface area contributed by atoms with Crippen LogP contribution < -0.4 is 10.9 Å². The molecule has 11 nitrogen and oxygen atoms in total. The third-order valence-electron chi connectivity index (χ3n) is 3.04. The van der Waals surface area contributed by atoms with Gasteiger partial charge < -0.3 is 0 Å². The summed E-state index contributed by atoms with van der Waals surface area (Å²) in [5.41, 5.74) is 4.64. The average molecular weight is 447 g/mol. The Morgan fingerprint density at radius 3 is 2.67 bits per heavy atom. The average Bonchev–Trinajstić information content (AvgIpc) is 3.10. The van der Waals surface area contributed by atoms with Gasteiger partial charge in [0, 0.05) is 13.2 Å². The molecule has 12 heteroatoms. The predicted octanol–water partition coefficient (Wildman–Crippen LogP) is 0.227. The van der Waals surface area contributed by atoms with Gasteiger partial charge in [0.2, 0.25) is 5.91 Å². The van der Waals surface area contributed by atoms with Crippen LogP contribution >= 0.6 is 22.6 Å². The molecule has 0 spiro atoms. The highest BCUT2D eigenvalue weighted by Crippen LogP contribution is 2.10. The van der Waals surface area contributed by atoms with E-state index < -0.39 is 22.7 Å². The predicted molar refractivity (Wildman–Crippen MR) is 89.6 cm³/mol. The standard InChI is InChI=1S/C12H14IN7O4/c1-7(4-19-5-8(3-14-19)20(23)24)11(21)15-16-12(22)10-9(13)6-18(2)17-10/h3,5-7H,4H2,1-2H3,(H,15,21)(H,16,22)/t7-/m0/s1. The summed E-state index contributed by atoms with van der Waals surface area (Å²) >= 11 is 1.97. The highest BCUT2D eigenvalue weighted by atomic mass is 127. The number of nitro groups is 1. The van der Waals surface area contributed by atoms with E-state index in [-0.39, 0.29) is 17.9 Å². The van der Waals surface area contributed by atoms with Crippen LogP contribution in [0.2, 0.25) is 0 Å². The zero-order valence-corrected chi connectivity index (χ0v) is 14.9. The number of halogens is 1. The molecule has 2 amide bonds. The van der Waals surface area contributed by atoms with Crippen LogP contribution in [0.5, 0.6) is 0 Å². The largest absolute Gasteiger partial charge is 0.306 e. The number of hydrogen-bond acceptors (Lipinski definition) is 6. The molecule has 0 unspecified atom stereocenters. The van der Waals surface area contributed by atoms with Crippen molar-refractivity contribution in [2.45, 2.75) is 13.5 Å². The summed E-state index contributed by atoms with van der Waals surface area (Å²) in [5.74, 6) is -1.55. The highest BCUT2D eigenvalue weighted by Gasteiger charge is 2.19. The zero-order valence-electron chi connectivity index (χ0n) is 12.8. The number of nitrogens with one attached hydrogen (secondary N) is 2. The lowest BCUT2D eigenvalue weighted by Gasteiger charge is -2.12. The summed E-state index contributed by atoms with van der Waals surface area (Å²) in [6.45, 7) is 1.75. The van der Waals surface area contributed by atoms with Gasteiger partial charge in [0.1, 0.15) is 12.4 Å². The normalized spacial score (nSPS) is 11.8. The van der Waals surface area contributed by atoms with E-state index >= 15 is 0 Å².